The zero-order valence-electron chi connectivity index (χ0n) is 23.2. The molecule has 1 amide bonds. The first kappa shape index (κ1) is 32.2. The van der Waals surface area contributed by atoms with Crippen LogP contribution < -0.4 is 0 Å². The van der Waals surface area contributed by atoms with Gasteiger partial charge in [0.25, 0.3) is 0 Å². The second kappa shape index (κ2) is 13.6. The van der Waals surface area contributed by atoms with E-state index in [1.54, 1.807) is 0 Å². The molecule has 1 saturated carbocycles. The molecule has 0 aromatic heterocycles. The van der Waals surface area contributed by atoms with Gasteiger partial charge >= 0.3 is 35.8 Å². The van der Waals surface area contributed by atoms with E-state index in [9.17, 15) is 33.6 Å². The molecule has 10 atom stereocenters. The number of esters is 6. The van der Waals surface area contributed by atoms with Crippen molar-refractivity contribution in [3.63, 3.8) is 0 Å². The van der Waals surface area contributed by atoms with E-state index >= 15 is 0 Å². The van der Waals surface area contributed by atoms with Gasteiger partial charge in [0.15, 0.2) is 30.7 Å². The van der Waals surface area contributed by atoms with E-state index in [0.717, 1.165) is 34.6 Å². The molecule has 0 unspecified atom stereocenters. The van der Waals surface area contributed by atoms with E-state index in [-0.39, 0.29) is 6.42 Å². The number of hydrogen-bond acceptors (Lipinski definition) is 15. The van der Waals surface area contributed by atoms with Crippen molar-refractivity contribution >= 4 is 41.7 Å². The van der Waals surface area contributed by atoms with Crippen LogP contribution >= 0.6 is 0 Å². The third-order valence-corrected chi connectivity index (χ3v) is 6.50. The van der Waals surface area contributed by atoms with Gasteiger partial charge in [-0.25, -0.2) is 0 Å². The lowest BCUT2D eigenvalue weighted by molar-refractivity contribution is -0.328. The summed E-state index contributed by atoms with van der Waals surface area (Å²) in [5.74, 6) is -8.98. The summed E-state index contributed by atoms with van der Waals surface area (Å²) in [6.45, 7) is 4.66. The fourth-order valence-electron chi connectivity index (χ4n) is 5.14. The summed E-state index contributed by atoms with van der Waals surface area (Å²) in [6.07, 6.45) is -12.1. The van der Waals surface area contributed by atoms with E-state index < -0.39 is 109 Å². The van der Waals surface area contributed by atoms with E-state index in [0.29, 0.717) is 0 Å². The third kappa shape index (κ3) is 7.51. The van der Waals surface area contributed by atoms with Crippen molar-refractivity contribution < 1.29 is 71.5 Å². The van der Waals surface area contributed by atoms with Gasteiger partial charge in [-0.05, 0) is 10.6 Å². The van der Waals surface area contributed by atoms with Crippen LogP contribution in [0.5, 0.6) is 0 Å². The molecule has 1 aliphatic carbocycles. The molecule has 2 saturated heterocycles. The van der Waals surface area contributed by atoms with Crippen molar-refractivity contribution in [2.24, 2.45) is 17.0 Å². The van der Waals surface area contributed by atoms with E-state index in [1.807, 2.05) is 0 Å². The van der Waals surface area contributed by atoms with E-state index in [1.165, 1.54) is 0 Å². The van der Waals surface area contributed by atoms with Gasteiger partial charge in [0.2, 0.25) is 5.91 Å². The minimum absolute atomic E-state index is 0.0768. The maximum Gasteiger partial charge on any atom is 0.310 e. The third-order valence-electron chi connectivity index (χ3n) is 6.50. The average Bonchev–Trinajstić information content (AvgIpc) is 3.19. The Bertz CT molecular complexity index is 1180. The maximum atomic E-state index is 12.9. The molecular weight excluding hydrogens is 570 g/mol. The Morgan fingerprint density at radius 2 is 1.36 bits per heavy atom. The number of rotatable bonds is 9. The Hall–Kier alpha value is -4.28. The summed E-state index contributed by atoms with van der Waals surface area (Å²) in [4.78, 5) is 87.8. The van der Waals surface area contributed by atoms with Crippen LogP contribution in [0.4, 0.5) is 0 Å². The van der Waals surface area contributed by atoms with Crippen molar-refractivity contribution in [1.82, 2.24) is 0 Å². The van der Waals surface area contributed by atoms with Crippen LogP contribution in [-0.2, 0) is 71.5 Å². The lowest BCUT2D eigenvalue weighted by Gasteiger charge is -2.46. The second-order valence-electron chi connectivity index (χ2n) is 9.61. The molecule has 230 valence electrons. The topological polar surface area (TPSA) is 242 Å². The molecule has 0 radical (unpaired) electrons. The number of fused-ring (bicyclic) bond motifs is 2. The number of ether oxygens (including phenoxy) is 8. The number of nitrogens with zero attached hydrogens (tertiary/aromatic N) is 3. The summed E-state index contributed by atoms with van der Waals surface area (Å²) in [5, 5.41) is 3.09. The van der Waals surface area contributed by atoms with Gasteiger partial charge in [-0.15, -0.1) is 0 Å². The predicted octanol–water partition coefficient (Wildman–Crippen LogP) is -0.215. The molecule has 42 heavy (non-hydrogen) atoms. The zero-order valence-corrected chi connectivity index (χ0v) is 23.2. The first-order valence-electron chi connectivity index (χ1n) is 12.7. The fourth-order valence-corrected chi connectivity index (χ4v) is 5.14. The second-order valence-corrected chi connectivity index (χ2v) is 9.61. The minimum Gasteiger partial charge on any atom is -0.463 e. The van der Waals surface area contributed by atoms with Gasteiger partial charge in [0, 0.05) is 46.0 Å². The highest BCUT2D eigenvalue weighted by atomic mass is 16.7. The van der Waals surface area contributed by atoms with Crippen LogP contribution in [0.3, 0.4) is 0 Å². The summed E-state index contributed by atoms with van der Waals surface area (Å²) in [6, 6.07) is 0. The highest BCUT2D eigenvalue weighted by Gasteiger charge is 2.61. The maximum absolute atomic E-state index is 12.9. The smallest absolute Gasteiger partial charge is 0.310 e. The van der Waals surface area contributed by atoms with Gasteiger partial charge in [-0.2, -0.15) is 0 Å². The van der Waals surface area contributed by atoms with Gasteiger partial charge in [0.05, 0.1) is 11.8 Å². The van der Waals surface area contributed by atoms with Gasteiger partial charge < -0.3 is 37.9 Å². The van der Waals surface area contributed by atoms with Crippen molar-refractivity contribution in [2.45, 2.75) is 90.1 Å². The molecule has 2 aliphatic heterocycles. The van der Waals surface area contributed by atoms with E-state index in [4.69, 9.17) is 43.4 Å². The minimum atomic E-state index is -1.79. The van der Waals surface area contributed by atoms with Crippen molar-refractivity contribution in [3.8, 4) is 0 Å². The molecule has 3 aliphatic rings. The van der Waals surface area contributed by atoms with Crippen LogP contribution in [0.25, 0.3) is 10.4 Å². The number of carbonyl (C=O) groups excluding carboxylic acids is 7. The highest BCUT2D eigenvalue weighted by Crippen LogP contribution is 2.44. The highest BCUT2D eigenvalue weighted by molar-refractivity contribution is 5.88. The number of carbonyl (C=O) groups is 7. The molecule has 0 aromatic rings. The molecule has 18 nitrogen and oxygen atoms in total. The summed E-state index contributed by atoms with van der Waals surface area (Å²) in [7, 11) is 0. The van der Waals surface area contributed by atoms with E-state index in [2.05, 4.69) is 10.0 Å². The number of azide groups is 1. The van der Waals surface area contributed by atoms with Gasteiger partial charge in [-0.1, -0.05) is 0 Å². The lowest BCUT2D eigenvalue weighted by Crippen LogP contribution is -2.65. The SMILES string of the molecule is CC(=O)OC[C@H]1O[C@@H](O[C@H]2[C@H](OC(C)=O)[C@@H]3C[C@@H](C(=O)O3)[C@H]2C(=O)N=[N+]=[N-])[C@H](OC(C)=O)[C@@H](OC(C)=O)[C@@H]1OC(C)=O. The Morgan fingerprint density at radius 1 is 0.810 bits per heavy atom. The summed E-state index contributed by atoms with van der Waals surface area (Å²) < 4.78 is 43.7. The monoisotopic (exact) mass is 599 g/mol. The fraction of sp³-hybridized carbons (Fsp3) is 0.708. The quantitative estimate of drug-likeness (QED) is 0.109. The number of hydrogen-bond donors (Lipinski definition) is 0. The molecule has 0 aromatic carbocycles. The molecule has 0 spiro atoms. The lowest BCUT2D eigenvalue weighted by atomic mass is 9.75. The Balaban J connectivity index is 2.12. The average molecular weight is 600 g/mol. The van der Waals surface area contributed by atoms with Crippen LogP contribution in [0.15, 0.2) is 5.11 Å². The molecule has 3 fully saturated rings. The first-order chi connectivity index (χ1) is 19.7. The largest absolute Gasteiger partial charge is 0.463 e. The van der Waals surface area contributed by atoms with Crippen LogP contribution in [-0.4, -0.2) is 97.3 Å². The summed E-state index contributed by atoms with van der Waals surface area (Å²) >= 11 is 0. The Labute approximate surface area is 237 Å². The Morgan fingerprint density at radius 3 is 1.90 bits per heavy atom. The van der Waals surface area contributed by atoms with Crippen molar-refractivity contribution in [1.29, 1.82) is 0 Å². The standard InChI is InChI=1S/C24H29N3O15/c1-8(28)35-7-15-18(37-10(3)30)20(38-11(4)31)21(39-12(5)32)24(41-15)42-19-16(22(33)26-27-25)13-6-14(40-23(13)34)17(19)36-9(2)29/h13-21,24H,6-7H2,1-5H3/t13-,14+,15-,16-,17-,18-,19-,20+,21-,24+/m1/s1. The zero-order chi connectivity index (χ0) is 31.3. The van der Waals surface area contributed by atoms with Crippen molar-refractivity contribution in [2.75, 3.05) is 6.61 Å². The predicted molar refractivity (Wildman–Crippen MR) is 128 cm³/mol. The summed E-state index contributed by atoms with van der Waals surface area (Å²) in [5.41, 5.74) is 8.90. The first-order valence-corrected chi connectivity index (χ1v) is 12.7. The molecule has 0 N–H and O–H groups in total. The molecule has 2 heterocycles. The molecule has 18 heteroatoms. The van der Waals surface area contributed by atoms with Gasteiger partial charge in [-0.3, -0.25) is 33.6 Å². The molecule has 2 bridgehead atoms. The van der Waals surface area contributed by atoms with Crippen LogP contribution in [0, 0.1) is 11.8 Å². The normalized spacial score (nSPS) is 33.2. The molecular formula is C24H29N3O15. The van der Waals surface area contributed by atoms with Gasteiger partial charge in [0.1, 0.15) is 24.9 Å². The van der Waals surface area contributed by atoms with Crippen LogP contribution in [0.1, 0.15) is 41.0 Å². The number of amides is 1. The molecule has 3 rings (SSSR count). The van der Waals surface area contributed by atoms with Crippen molar-refractivity contribution in [3.05, 3.63) is 10.4 Å². The Kier molecular flexibility index (Phi) is 10.4. The van der Waals surface area contributed by atoms with Crippen LogP contribution in [0.2, 0.25) is 0 Å².